The summed E-state index contributed by atoms with van der Waals surface area (Å²) < 4.78 is 6.53. The number of benzene rings is 1. The lowest BCUT2D eigenvalue weighted by atomic mass is 10.3. The van der Waals surface area contributed by atoms with E-state index in [1.54, 1.807) is 6.20 Å². The average Bonchev–Trinajstić information content (AvgIpc) is 2.24. The van der Waals surface area contributed by atoms with E-state index >= 15 is 0 Å². The van der Waals surface area contributed by atoms with Gasteiger partial charge in [-0.05, 0) is 34.7 Å². The highest BCUT2D eigenvalue weighted by Crippen LogP contribution is 2.26. The van der Waals surface area contributed by atoms with Crippen LogP contribution in [0.3, 0.4) is 0 Å². The smallest absolute Gasteiger partial charge is 0.262 e. The first-order chi connectivity index (χ1) is 7.27. The second kappa shape index (κ2) is 4.43. The normalized spacial score (nSPS) is 9.93. The van der Waals surface area contributed by atoms with Crippen LogP contribution >= 0.6 is 22.6 Å². The molecule has 4 nitrogen and oxygen atoms in total. The molecule has 2 N–H and O–H groups in total. The Kier molecular flexibility index (Phi) is 3.00. The maximum atomic E-state index is 5.62. The molecular formula is C10H8IN3O. The van der Waals surface area contributed by atoms with Crippen LogP contribution < -0.4 is 10.5 Å². The minimum atomic E-state index is 0.289. The third kappa shape index (κ3) is 2.35. The van der Waals surface area contributed by atoms with Crippen molar-refractivity contribution in [3.8, 4) is 11.6 Å². The summed E-state index contributed by atoms with van der Waals surface area (Å²) in [7, 11) is 0. The molecule has 1 heterocycles. The predicted octanol–water partition coefficient (Wildman–Crippen LogP) is 2.46. The van der Waals surface area contributed by atoms with Crippen LogP contribution in [0.4, 0.5) is 5.82 Å². The summed E-state index contributed by atoms with van der Waals surface area (Å²) in [4.78, 5) is 7.89. The number of para-hydroxylation sites is 1. The van der Waals surface area contributed by atoms with E-state index < -0.39 is 0 Å². The SMILES string of the molecule is Nc1nccnc1Oc1ccccc1I. The number of hydrogen-bond acceptors (Lipinski definition) is 4. The molecule has 0 spiro atoms. The molecule has 2 rings (SSSR count). The summed E-state index contributed by atoms with van der Waals surface area (Å²) >= 11 is 2.18. The fraction of sp³-hybridized carbons (Fsp3) is 0. The van der Waals surface area contributed by atoms with Gasteiger partial charge in [0.25, 0.3) is 5.88 Å². The first-order valence-corrected chi connectivity index (χ1v) is 5.34. The van der Waals surface area contributed by atoms with Gasteiger partial charge in [-0.25, -0.2) is 9.97 Å². The number of halogens is 1. The van der Waals surface area contributed by atoms with Gasteiger partial charge in [0.1, 0.15) is 5.75 Å². The van der Waals surface area contributed by atoms with Crippen LogP contribution in [-0.2, 0) is 0 Å². The van der Waals surface area contributed by atoms with E-state index in [2.05, 4.69) is 32.6 Å². The standard InChI is InChI=1S/C10H8IN3O/c11-7-3-1-2-4-8(7)15-10-9(12)13-5-6-14-10/h1-6H,(H2,12,13). The van der Waals surface area contributed by atoms with Crippen LogP contribution in [0.15, 0.2) is 36.7 Å². The van der Waals surface area contributed by atoms with Gasteiger partial charge >= 0.3 is 0 Å². The number of rotatable bonds is 2. The van der Waals surface area contributed by atoms with Crippen molar-refractivity contribution >= 4 is 28.4 Å². The Balaban J connectivity index is 2.30. The van der Waals surface area contributed by atoms with Crippen molar-refractivity contribution in [3.63, 3.8) is 0 Å². The molecule has 76 valence electrons. The van der Waals surface area contributed by atoms with E-state index in [0.29, 0.717) is 5.88 Å². The molecule has 2 aromatic rings. The van der Waals surface area contributed by atoms with Crippen molar-refractivity contribution in [1.82, 2.24) is 9.97 Å². The first kappa shape index (κ1) is 10.2. The van der Waals surface area contributed by atoms with Crippen molar-refractivity contribution < 1.29 is 4.74 Å². The van der Waals surface area contributed by atoms with E-state index in [0.717, 1.165) is 9.32 Å². The highest BCUT2D eigenvalue weighted by molar-refractivity contribution is 14.1. The summed E-state index contributed by atoms with van der Waals surface area (Å²) in [5, 5.41) is 0. The molecule has 0 amide bonds. The van der Waals surface area contributed by atoms with Crippen LogP contribution in [0.25, 0.3) is 0 Å². The summed E-state index contributed by atoms with van der Waals surface area (Å²) in [6.45, 7) is 0. The van der Waals surface area contributed by atoms with Gasteiger partial charge in [0.15, 0.2) is 5.82 Å². The minimum Gasteiger partial charge on any atom is -0.435 e. The van der Waals surface area contributed by atoms with Crippen molar-refractivity contribution in [2.45, 2.75) is 0 Å². The Bertz CT molecular complexity index is 432. The summed E-state index contributed by atoms with van der Waals surface area (Å²) in [6.07, 6.45) is 3.07. The van der Waals surface area contributed by atoms with Gasteiger partial charge in [0.05, 0.1) is 3.57 Å². The van der Waals surface area contributed by atoms with Gasteiger partial charge in [-0.2, -0.15) is 0 Å². The molecule has 1 aromatic heterocycles. The second-order valence-electron chi connectivity index (χ2n) is 2.78. The third-order valence-electron chi connectivity index (χ3n) is 1.73. The molecule has 0 aliphatic carbocycles. The predicted molar refractivity (Wildman–Crippen MR) is 65.7 cm³/mol. The largest absolute Gasteiger partial charge is 0.435 e. The first-order valence-electron chi connectivity index (χ1n) is 4.26. The summed E-state index contributed by atoms with van der Waals surface area (Å²) in [6, 6.07) is 7.64. The average molecular weight is 313 g/mol. The molecule has 0 unspecified atom stereocenters. The number of nitrogens with zero attached hydrogens (tertiary/aromatic N) is 2. The maximum Gasteiger partial charge on any atom is 0.262 e. The van der Waals surface area contributed by atoms with E-state index in [1.165, 1.54) is 6.20 Å². The zero-order valence-corrected chi connectivity index (χ0v) is 9.88. The lowest BCUT2D eigenvalue weighted by molar-refractivity contribution is 0.460. The Morgan fingerprint density at radius 1 is 1.13 bits per heavy atom. The highest BCUT2D eigenvalue weighted by Gasteiger charge is 2.05. The Labute approximate surface area is 101 Å². The molecule has 0 aliphatic rings. The fourth-order valence-corrected chi connectivity index (χ4v) is 1.54. The van der Waals surface area contributed by atoms with E-state index in [1.807, 2.05) is 24.3 Å². The van der Waals surface area contributed by atoms with Gasteiger partial charge in [0.2, 0.25) is 0 Å². The molecule has 0 atom stereocenters. The van der Waals surface area contributed by atoms with Gasteiger partial charge in [-0.3, -0.25) is 0 Å². The van der Waals surface area contributed by atoms with Gasteiger partial charge in [-0.15, -0.1) is 0 Å². The van der Waals surface area contributed by atoms with Crippen LogP contribution in [-0.4, -0.2) is 9.97 Å². The zero-order chi connectivity index (χ0) is 10.7. The number of ether oxygens (including phenoxy) is 1. The lowest BCUT2D eigenvalue weighted by Crippen LogP contribution is -1.97. The molecule has 0 bridgehead atoms. The fourth-order valence-electron chi connectivity index (χ4n) is 1.05. The number of nitrogen functional groups attached to an aromatic ring is 1. The molecule has 0 aliphatic heterocycles. The van der Waals surface area contributed by atoms with Crippen LogP contribution in [0.1, 0.15) is 0 Å². The number of anilines is 1. The molecule has 0 saturated heterocycles. The molecule has 0 fully saturated rings. The zero-order valence-electron chi connectivity index (χ0n) is 7.72. The molecule has 5 heteroatoms. The lowest BCUT2D eigenvalue weighted by Gasteiger charge is -2.07. The van der Waals surface area contributed by atoms with Crippen molar-refractivity contribution in [2.24, 2.45) is 0 Å². The Morgan fingerprint density at radius 2 is 1.87 bits per heavy atom. The summed E-state index contributed by atoms with van der Waals surface area (Å²) in [5.41, 5.74) is 5.62. The monoisotopic (exact) mass is 313 g/mol. The van der Waals surface area contributed by atoms with Crippen molar-refractivity contribution in [1.29, 1.82) is 0 Å². The third-order valence-corrected chi connectivity index (χ3v) is 2.63. The van der Waals surface area contributed by atoms with Crippen LogP contribution in [0.5, 0.6) is 11.6 Å². The van der Waals surface area contributed by atoms with E-state index in [9.17, 15) is 0 Å². The van der Waals surface area contributed by atoms with Crippen LogP contribution in [0.2, 0.25) is 0 Å². The van der Waals surface area contributed by atoms with Crippen molar-refractivity contribution in [2.75, 3.05) is 5.73 Å². The number of hydrogen-bond donors (Lipinski definition) is 1. The van der Waals surface area contributed by atoms with Gasteiger partial charge in [-0.1, -0.05) is 12.1 Å². The minimum absolute atomic E-state index is 0.289. The molecule has 15 heavy (non-hydrogen) atoms. The van der Waals surface area contributed by atoms with Gasteiger partial charge < -0.3 is 10.5 Å². The molecule has 0 saturated carbocycles. The Hall–Kier alpha value is -1.37. The van der Waals surface area contributed by atoms with Crippen molar-refractivity contribution in [3.05, 3.63) is 40.2 Å². The quantitative estimate of drug-likeness (QED) is 0.865. The van der Waals surface area contributed by atoms with Gasteiger partial charge in [0, 0.05) is 12.4 Å². The van der Waals surface area contributed by atoms with E-state index in [-0.39, 0.29) is 5.82 Å². The topological polar surface area (TPSA) is 61.0 Å². The second-order valence-corrected chi connectivity index (χ2v) is 3.94. The molecular weight excluding hydrogens is 305 g/mol. The maximum absolute atomic E-state index is 5.62. The highest BCUT2D eigenvalue weighted by atomic mass is 127. The molecule has 0 radical (unpaired) electrons. The van der Waals surface area contributed by atoms with E-state index in [4.69, 9.17) is 10.5 Å². The number of nitrogens with two attached hydrogens (primary N) is 1. The number of aromatic nitrogens is 2. The van der Waals surface area contributed by atoms with Crippen LogP contribution in [0, 0.1) is 3.57 Å². The molecule has 1 aromatic carbocycles. The summed E-state index contributed by atoms with van der Waals surface area (Å²) in [5.74, 6) is 1.35. The Morgan fingerprint density at radius 3 is 2.60 bits per heavy atom.